The van der Waals surface area contributed by atoms with Gasteiger partial charge in [0.15, 0.2) is 0 Å². The molecule has 2 aromatic heterocycles. The number of nitrogens with zero attached hydrogens (tertiary/aromatic N) is 3. The van der Waals surface area contributed by atoms with E-state index in [2.05, 4.69) is 40.2 Å². The van der Waals surface area contributed by atoms with Gasteiger partial charge in [0.2, 0.25) is 0 Å². The third-order valence-corrected chi connectivity index (χ3v) is 3.49. The summed E-state index contributed by atoms with van der Waals surface area (Å²) in [6.07, 6.45) is 5.21. The lowest BCUT2D eigenvalue weighted by atomic mass is 10.2. The first-order chi connectivity index (χ1) is 8.79. The topological polar surface area (TPSA) is 50.7 Å². The number of nitrogens with one attached hydrogen (secondary N) is 1. The summed E-state index contributed by atoms with van der Waals surface area (Å²) in [5.74, 6) is 0. The maximum absolute atomic E-state index is 4.49. The van der Waals surface area contributed by atoms with E-state index in [1.165, 1.54) is 11.1 Å². The maximum Gasteiger partial charge on any atom is 0.116 e. The van der Waals surface area contributed by atoms with Crippen LogP contribution >= 0.6 is 11.8 Å². The van der Waals surface area contributed by atoms with E-state index in [0.29, 0.717) is 0 Å². The second kappa shape index (κ2) is 6.47. The second-order valence-corrected chi connectivity index (χ2v) is 4.90. The third kappa shape index (κ3) is 3.51. The van der Waals surface area contributed by atoms with Gasteiger partial charge in [-0.15, -0.1) is 0 Å². The summed E-state index contributed by atoms with van der Waals surface area (Å²) in [6, 6.07) is 4.05. The fourth-order valence-corrected chi connectivity index (χ4v) is 2.28. The lowest BCUT2D eigenvalue weighted by molar-refractivity contribution is 0.721. The van der Waals surface area contributed by atoms with Gasteiger partial charge < -0.3 is 5.32 Å². The molecule has 0 saturated heterocycles. The summed E-state index contributed by atoms with van der Waals surface area (Å²) in [5.41, 5.74) is 2.38. The zero-order valence-electron chi connectivity index (χ0n) is 10.6. The fourth-order valence-electron chi connectivity index (χ4n) is 1.53. The van der Waals surface area contributed by atoms with Crippen LogP contribution in [0.15, 0.2) is 40.9 Å². The maximum atomic E-state index is 4.49. The lowest BCUT2D eigenvalue weighted by Crippen LogP contribution is -2.12. The van der Waals surface area contributed by atoms with Gasteiger partial charge >= 0.3 is 0 Å². The Hall–Kier alpha value is -1.46. The van der Waals surface area contributed by atoms with Gasteiger partial charge in [-0.25, -0.2) is 15.0 Å². The van der Waals surface area contributed by atoms with Crippen molar-refractivity contribution in [1.29, 1.82) is 0 Å². The summed E-state index contributed by atoms with van der Waals surface area (Å²) < 4.78 is 0. The minimum Gasteiger partial charge on any atom is -0.313 e. The van der Waals surface area contributed by atoms with Gasteiger partial charge in [0.05, 0.1) is 0 Å². The molecule has 0 saturated carbocycles. The highest BCUT2D eigenvalue weighted by molar-refractivity contribution is 7.99. The number of hydrogen-bond donors (Lipinski definition) is 1. The van der Waals surface area contributed by atoms with Crippen LogP contribution in [-0.4, -0.2) is 21.5 Å². The molecule has 0 aliphatic rings. The van der Waals surface area contributed by atoms with Gasteiger partial charge in [0, 0.05) is 18.9 Å². The van der Waals surface area contributed by atoms with Gasteiger partial charge in [-0.2, -0.15) is 0 Å². The molecular formula is C13H16N4S. The molecule has 0 aliphatic heterocycles. The molecule has 0 unspecified atom stereocenters. The molecule has 0 bridgehead atoms. The molecule has 94 valence electrons. The van der Waals surface area contributed by atoms with Gasteiger partial charge in [-0.1, -0.05) is 13.0 Å². The van der Waals surface area contributed by atoms with Crippen LogP contribution in [0.3, 0.4) is 0 Å². The number of aromatic nitrogens is 3. The number of pyridine rings is 1. The molecule has 5 heteroatoms. The van der Waals surface area contributed by atoms with Crippen molar-refractivity contribution in [2.24, 2.45) is 0 Å². The van der Waals surface area contributed by atoms with Crippen LogP contribution in [-0.2, 0) is 6.54 Å². The van der Waals surface area contributed by atoms with E-state index in [-0.39, 0.29) is 0 Å². The first kappa shape index (κ1) is 13.0. The van der Waals surface area contributed by atoms with Gasteiger partial charge in [0.1, 0.15) is 16.4 Å². The Morgan fingerprint density at radius 3 is 2.89 bits per heavy atom. The number of hydrogen-bond acceptors (Lipinski definition) is 5. The normalized spacial score (nSPS) is 10.6. The molecule has 0 aromatic carbocycles. The molecule has 2 heterocycles. The van der Waals surface area contributed by atoms with Crippen molar-refractivity contribution < 1.29 is 0 Å². The molecule has 1 N–H and O–H groups in total. The Kier molecular flexibility index (Phi) is 4.66. The van der Waals surface area contributed by atoms with E-state index in [1.807, 2.05) is 12.3 Å². The molecule has 0 fully saturated rings. The summed E-state index contributed by atoms with van der Waals surface area (Å²) in [4.78, 5) is 12.6. The Morgan fingerprint density at radius 2 is 2.22 bits per heavy atom. The number of rotatable bonds is 5. The molecule has 18 heavy (non-hydrogen) atoms. The number of aryl methyl sites for hydroxylation is 1. The second-order valence-electron chi connectivity index (χ2n) is 3.90. The van der Waals surface area contributed by atoms with E-state index in [9.17, 15) is 0 Å². The molecular weight excluding hydrogens is 244 g/mol. The predicted octanol–water partition coefficient (Wildman–Crippen LogP) is 2.44. The van der Waals surface area contributed by atoms with Gasteiger partial charge in [-0.3, -0.25) is 0 Å². The van der Waals surface area contributed by atoms with Gasteiger partial charge in [-0.05, 0) is 42.4 Å². The highest BCUT2D eigenvalue weighted by atomic mass is 32.2. The van der Waals surface area contributed by atoms with Crippen molar-refractivity contribution in [1.82, 2.24) is 20.3 Å². The van der Waals surface area contributed by atoms with Crippen LogP contribution in [0.25, 0.3) is 0 Å². The molecule has 0 spiro atoms. The van der Waals surface area contributed by atoms with Crippen molar-refractivity contribution >= 4 is 11.8 Å². The highest BCUT2D eigenvalue weighted by Gasteiger charge is 2.04. The monoisotopic (exact) mass is 260 g/mol. The molecule has 0 atom stereocenters. The fraction of sp³-hybridized carbons (Fsp3) is 0.308. The van der Waals surface area contributed by atoms with Crippen molar-refractivity contribution in [2.75, 3.05) is 6.54 Å². The zero-order chi connectivity index (χ0) is 12.8. The predicted molar refractivity (Wildman–Crippen MR) is 72.5 cm³/mol. The quantitative estimate of drug-likeness (QED) is 0.837. The lowest BCUT2D eigenvalue weighted by Gasteiger charge is -2.07. The van der Waals surface area contributed by atoms with E-state index in [0.717, 1.165) is 23.1 Å². The standard InChI is InChI=1S/C13H16N4S/c1-3-14-7-11-6-10(2)13(16-8-11)18-12-4-5-15-9-17-12/h4-6,8-9,14H,3,7H2,1-2H3. The summed E-state index contributed by atoms with van der Waals surface area (Å²) in [7, 11) is 0. The van der Waals surface area contributed by atoms with E-state index in [1.54, 1.807) is 24.3 Å². The van der Waals surface area contributed by atoms with E-state index >= 15 is 0 Å². The minimum atomic E-state index is 0.864. The molecule has 0 aliphatic carbocycles. The highest BCUT2D eigenvalue weighted by Crippen LogP contribution is 2.26. The zero-order valence-corrected chi connectivity index (χ0v) is 11.4. The van der Waals surface area contributed by atoms with Crippen molar-refractivity contribution in [2.45, 2.75) is 30.4 Å². The van der Waals surface area contributed by atoms with Crippen LogP contribution in [0.5, 0.6) is 0 Å². The molecule has 0 amide bonds. The SMILES string of the molecule is CCNCc1cnc(Sc2ccncn2)c(C)c1. The van der Waals surface area contributed by atoms with Crippen LogP contribution in [0.4, 0.5) is 0 Å². The minimum absolute atomic E-state index is 0.864. The Morgan fingerprint density at radius 1 is 1.33 bits per heavy atom. The Bertz CT molecular complexity index is 502. The van der Waals surface area contributed by atoms with Crippen molar-refractivity contribution in [3.8, 4) is 0 Å². The molecule has 4 nitrogen and oxygen atoms in total. The van der Waals surface area contributed by atoms with Gasteiger partial charge in [0.25, 0.3) is 0 Å². The van der Waals surface area contributed by atoms with Crippen molar-refractivity contribution in [3.63, 3.8) is 0 Å². The van der Waals surface area contributed by atoms with E-state index < -0.39 is 0 Å². The van der Waals surface area contributed by atoms with Crippen LogP contribution < -0.4 is 5.32 Å². The molecule has 0 radical (unpaired) electrons. The Labute approximate surface area is 111 Å². The van der Waals surface area contributed by atoms with Crippen LogP contribution in [0, 0.1) is 6.92 Å². The molecule has 2 aromatic rings. The van der Waals surface area contributed by atoms with Crippen LogP contribution in [0.2, 0.25) is 0 Å². The first-order valence-corrected chi connectivity index (χ1v) is 6.71. The third-order valence-electron chi connectivity index (χ3n) is 2.42. The summed E-state index contributed by atoms with van der Waals surface area (Å²) in [6.45, 7) is 6.00. The summed E-state index contributed by atoms with van der Waals surface area (Å²) in [5, 5.41) is 5.20. The average Bonchev–Trinajstić information content (AvgIpc) is 2.40. The Balaban J connectivity index is 2.10. The average molecular weight is 260 g/mol. The largest absolute Gasteiger partial charge is 0.313 e. The van der Waals surface area contributed by atoms with E-state index in [4.69, 9.17) is 0 Å². The smallest absolute Gasteiger partial charge is 0.116 e. The van der Waals surface area contributed by atoms with Crippen LogP contribution in [0.1, 0.15) is 18.1 Å². The first-order valence-electron chi connectivity index (χ1n) is 5.89. The summed E-state index contributed by atoms with van der Waals surface area (Å²) >= 11 is 1.56. The van der Waals surface area contributed by atoms with Crippen molar-refractivity contribution in [3.05, 3.63) is 42.0 Å². The molecule has 2 rings (SSSR count).